The Balaban J connectivity index is 1.73. The third-order valence-electron chi connectivity index (χ3n) is 3.62. The Morgan fingerprint density at radius 2 is 1.81 bits per heavy atom. The zero-order valence-electron chi connectivity index (χ0n) is 14.7. The summed E-state index contributed by atoms with van der Waals surface area (Å²) in [6, 6.07) is 9.21. The fraction of sp³-hybridized carbons (Fsp3) is 0.316. The Bertz CT molecular complexity index is 820. The third-order valence-corrected chi connectivity index (χ3v) is 4.66. The summed E-state index contributed by atoms with van der Waals surface area (Å²) in [6.07, 6.45) is 0.162. The molecule has 0 spiro atoms. The molecule has 1 aromatic heterocycles. The van der Waals surface area contributed by atoms with Gasteiger partial charge in [0.05, 0.1) is 4.88 Å². The number of benzene rings is 1. The lowest BCUT2D eigenvalue weighted by Crippen LogP contribution is -2.14. The number of carbonyl (C=O) groups excluding carboxylic acids is 3. The molecule has 0 aliphatic rings. The van der Waals surface area contributed by atoms with E-state index < -0.39 is 12.5 Å². The van der Waals surface area contributed by atoms with Crippen molar-refractivity contribution < 1.29 is 27.9 Å². The molecule has 5 nitrogen and oxygen atoms in total. The van der Waals surface area contributed by atoms with Gasteiger partial charge in [-0.25, -0.2) is 0 Å². The van der Waals surface area contributed by atoms with Gasteiger partial charge in [-0.05, 0) is 31.2 Å². The van der Waals surface area contributed by atoms with Crippen molar-refractivity contribution >= 4 is 34.5 Å². The minimum Gasteiger partial charge on any atom is -0.435 e. The van der Waals surface area contributed by atoms with Crippen LogP contribution >= 0.6 is 11.3 Å². The van der Waals surface area contributed by atoms with E-state index in [1.54, 1.807) is 6.07 Å². The van der Waals surface area contributed by atoms with Gasteiger partial charge < -0.3 is 10.1 Å². The average molecular weight is 395 g/mol. The lowest BCUT2D eigenvalue weighted by atomic mass is 10.1. The molecule has 0 aliphatic heterocycles. The molecule has 1 N–H and O–H groups in total. The fourth-order valence-corrected chi connectivity index (χ4v) is 3.15. The molecule has 0 fully saturated rings. The maximum Gasteiger partial charge on any atom is 0.387 e. The van der Waals surface area contributed by atoms with Crippen LogP contribution in [0.5, 0.6) is 5.75 Å². The molecule has 2 aromatic rings. The number of hydrogen-bond donors (Lipinski definition) is 1. The Kier molecular flexibility index (Phi) is 7.60. The Morgan fingerprint density at radius 1 is 1.07 bits per heavy atom. The molecule has 0 saturated heterocycles. The molecule has 1 aromatic carbocycles. The van der Waals surface area contributed by atoms with E-state index >= 15 is 0 Å². The standard InChI is InChI=1S/C19H19F2NO4S/c1-12-5-9-17(27-12)16(24)8-6-14(23)7-10-18(25)22-13-3-2-4-15(11-13)26-19(20)21/h2-5,9,11,19H,6-8,10H2,1H3,(H,22,25). The largest absolute Gasteiger partial charge is 0.435 e. The van der Waals surface area contributed by atoms with E-state index in [2.05, 4.69) is 10.1 Å². The van der Waals surface area contributed by atoms with Gasteiger partial charge >= 0.3 is 6.61 Å². The van der Waals surface area contributed by atoms with Crippen LogP contribution in [-0.4, -0.2) is 24.1 Å². The number of amides is 1. The van der Waals surface area contributed by atoms with Crippen LogP contribution in [0.1, 0.15) is 40.2 Å². The number of rotatable bonds is 10. The van der Waals surface area contributed by atoms with Gasteiger partial charge in [-0.1, -0.05) is 6.07 Å². The van der Waals surface area contributed by atoms with Crippen molar-refractivity contribution in [3.63, 3.8) is 0 Å². The predicted octanol–water partition coefficient (Wildman–Crippen LogP) is 4.61. The smallest absolute Gasteiger partial charge is 0.387 e. The van der Waals surface area contributed by atoms with E-state index in [4.69, 9.17) is 0 Å². The molecule has 0 radical (unpaired) electrons. The maximum atomic E-state index is 12.2. The van der Waals surface area contributed by atoms with Gasteiger partial charge in [-0.2, -0.15) is 8.78 Å². The summed E-state index contributed by atoms with van der Waals surface area (Å²) >= 11 is 1.39. The second-order valence-electron chi connectivity index (χ2n) is 5.83. The number of alkyl halides is 2. The molecule has 0 aliphatic carbocycles. The molecule has 0 bridgehead atoms. The Morgan fingerprint density at radius 3 is 2.48 bits per heavy atom. The minimum atomic E-state index is -2.95. The number of nitrogens with one attached hydrogen (secondary N) is 1. The van der Waals surface area contributed by atoms with Gasteiger partial charge in [0.2, 0.25) is 5.91 Å². The highest BCUT2D eigenvalue weighted by Gasteiger charge is 2.13. The van der Waals surface area contributed by atoms with Gasteiger partial charge in [0.1, 0.15) is 11.5 Å². The number of ether oxygens (including phenoxy) is 1. The number of anilines is 1. The van der Waals surface area contributed by atoms with Crippen LogP contribution in [0.3, 0.4) is 0 Å². The molecule has 0 saturated carbocycles. The molecule has 2 rings (SSSR count). The summed E-state index contributed by atoms with van der Waals surface area (Å²) < 4.78 is 28.6. The molecule has 27 heavy (non-hydrogen) atoms. The summed E-state index contributed by atoms with van der Waals surface area (Å²) in [5, 5.41) is 2.52. The lowest BCUT2D eigenvalue weighted by molar-refractivity contribution is -0.122. The van der Waals surface area contributed by atoms with Crippen molar-refractivity contribution in [3.8, 4) is 5.75 Å². The number of Topliss-reactive ketones (excluding diaryl/α,β-unsaturated/α-hetero) is 2. The van der Waals surface area contributed by atoms with Crippen LogP contribution < -0.4 is 10.1 Å². The minimum absolute atomic E-state index is 0.00973. The normalized spacial score (nSPS) is 10.7. The van der Waals surface area contributed by atoms with E-state index in [0.29, 0.717) is 10.6 Å². The second kappa shape index (κ2) is 9.91. The summed E-state index contributed by atoms with van der Waals surface area (Å²) in [6.45, 7) is -1.05. The molecule has 1 amide bonds. The van der Waals surface area contributed by atoms with E-state index in [0.717, 1.165) is 4.88 Å². The Labute approximate surface area is 159 Å². The van der Waals surface area contributed by atoms with Gasteiger partial charge in [0, 0.05) is 42.3 Å². The number of thiophene rings is 1. The summed E-state index contributed by atoms with van der Waals surface area (Å²) in [5.41, 5.74) is 0.300. The first kappa shape index (κ1) is 20.7. The first-order valence-corrected chi connectivity index (χ1v) is 9.11. The molecule has 0 atom stereocenters. The quantitative estimate of drug-likeness (QED) is 0.597. The van der Waals surface area contributed by atoms with E-state index in [1.807, 2.05) is 13.0 Å². The van der Waals surface area contributed by atoms with Crippen LogP contribution in [0.2, 0.25) is 0 Å². The predicted molar refractivity (Wildman–Crippen MR) is 98.6 cm³/mol. The highest BCUT2D eigenvalue weighted by Crippen LogP contribution is 2.20. The van der Waals surface area contributed by atoms with Crippen LogP contribution in [0.25, 0.3) is 0 Å². The number of halogens is 2. The number of aryl methyl sites for hydroxylation is 1. The average Bonchev–Trinajstić information content (AvgIpc) is 3.04. The van der Waals surface area contributed by atoms with Crippen molar-refractivity contribution in [2.75, 3.05) is 5.32 Å². The van der Waals surface area contributed by atoms with Gasteiger partial charge in [0.25, 0.3) is 0 Å². The van der Waals surface area contributed by atoms with Crippen LogP contribution in [0.4, 0.5) is 14.5 Å². The molecular weight excluding hydrogens is 376 g/mol. The van der Waals surface area contributed by atoms with E-state index in [-0.39, 0.29) is 43.0 Å². The van der Waals surface area contributed by atoms with E-state index in [9.17, 15) is 23.2 Å². The highest BCUT2D eigenvalue weighted by molar-refractivity contribution is 7.14. The SMILES string of the molecule is Cc1ccc(C(=O)CCC(=O)CCC(=O)Nc2cccc(OC(F)F)c2)s1. The second-order valence-corrected chi connectivity index (χ2v) is 7.11. The number of ketones is 2. The van der Waals surface area contributed by atoms with Crippen LogP contribution in [0, 0.1) is 6.92 Å². The maximum absolute atomic E-state index is 12.2. The van der Waals surface area contributed by atoms with Gasteiger partial charge in [-0.15, -0.1) is 11.3 Å². The monoisotopic (exact) mass is 395 g/mol. The first-order valence-electron chi connectivity index (χ1n) is 8.29. The fourth-order valence-electron chi connectivity index (χ4n) is 2.31. The number of hydrogen-bond acceptors (Lipinski definition) is 5. The zero-order valence-corrected chi connectivity index (χ0v) is 15.5. The molecule has 0 unspecified atom stereocenters. The van der Waals surface area contributed by atoms with Crippen molar-refractivity contribution in [1.29, 1.82) is 0 Å². The number of carbonyl (C=O) groups is 3. The topological polar surface area (TPSA) is 72.5 Å². The first-order chi connectivity index (χ1) is 12.8. The van der Waals surface area contributed by atoms with Crippen LogP contribution in [-0.2, 0) is 9.59 Å². The molecule has 144 valence electrons. The van der Waals surface area contributed by atoms with Gasteiger partial charge in [-0.3, -0.25) is 14.4 Å². The lowest BCUT2D eigenvalue weighted by Gasteiger charge is -2.08. The summed E-state index contributed by atoms with van der Waals surface area (Å²) in [7, 11) is 0. The Hall–Kier alpha value is -2.61. The molecule has 1 heterocycles. The molecular formula is C19H19F2NO4S. The highest BCUT2D eigenvalue weighted by atomic mass is 32.1. The van der Waals surface area contributed by atoms with Crippen molar-refractivity contribution in [1.82, 2.24) is 0 Å². The van der Waals surface area contributed by atoms with Crippen molar-refractivity contribution in [3.05, 3.63) is 46.2 Å². The van der Waals surface area contributed by atoms with E-state index in [1.165, 1.54) is 35.6 Å². The van der Waals surface area contributed by atoms with Crippen molar-refractivity contribution in [2.45, 2.75) is 39.2 Å². The third kappa shape index (κ3) is 7.26. The zero-order chi connectivity index (χ0) is 19.8. The van der Waals surface area contributed by atoms with Gasteiger partial charge in [0.15, 0.2) is 5.78 Å². The summed E-state index contributed by atoms with van der Waals surface area (Å²) in [4.78, 5) is 37.4. The molecule has 8 heteroatoms. The summed E-state index contributed by atoms with van der Waals surface area (Å²) in [5.74, 6) is -0.748. The van der Waals surface area contributed by atoms with Crippen molar-refractivity contribution in [2.24, 2.45) is 0 Å². The van der Waals surface area contributed by atoms with Crippen LogP contribution in [0.15, 0.2) is 36.4 Å².